The van der Waals surface area contributed by atoms with Crippen LogP contribution in [0.1, 0.15) is 0 Å². The van der Waals surface area contributed by atoms with Gasteiger partial charge in [0.25, 0.3) is 0 Å². The molecule has 0 amide bonds. The van der Waals surface area contributed by atoms with E-state index >= 15 is 0 Å². The highest BCUT2D eigenvalue weighted by Gasteiger charge is 2.26. The Labute approximate surface area is 345 Å². The minimum absolute atomic E-state index is 0.856. The van der Waals surface area contributed by atoms with Crippen molar-refractivity contribution in [1.29, 1.82) is 0 Å². The number of rotatable bonds is 6. The van der Waals surface area contributed by atoms with Gasteiger partial charge in [-0.2, -0.15) is 0 Å². The maximum Gasteiger partial charge on any atom is 0.159 e. The van der Waals surface area contributed by atoms with Crippen molar-refractivity contribution in [2.75, 3.05) is 4.90 Å². The van der Waals surface area contributed by atoms with Crippen LogP contribution in [0.25, 0.3) is 97.0 Å². The number of nitrogens with zero attached hydrogens (tertiary/aromatic N) is 1. The van der Waals surface area contributed by atoms with Crippen molar-refractivity contribution in [2.45, 2.75) is 0 Å². The summed E-state index contributed by atoms with van der Waals surface area (Å²) < 4.78 is 9.46. The summed E-state index contributed by atoms with van der Waals surface area (Å²) in [5.74, 6) is 0. The average molecular weight is 770 g/mol. The molecule has 2 aromatic heterocycles. The molecule has 12 rings (SSSR count). The molecule has 3 heteroatoms. The summed E-state index contributed by atoms with van der Waals surface area (Å²) in [6.45, 7) is 0. The van der Waals surface area contributed by atoms with Crippen LogP contribution in [0.3, 0.4) is 0 Å². The number of para-hydroxylation sites is 2. The van der Waals surface area contributed by atoms with E-state index in [1.807, 2.05) is 17.4 Å². The molecule has 0 fully saturated rings. The fourth-order valence-electron chi connectivity index (χ4n) is 9.21. The predicted octanol–water partition coefficient (Wildman–Crippen LogP) is 16.7. The third-order valence-electron chi connectivity index (χ3n) is 11.9. The summed E-state index contributed by atoms with van der Waals surface area (Å²) >= 11 is 1.86. The van der Waals surface area contributed by atoms with Crippen LogP contribution >= 0.6 is 11.3 Å². The Morgan fingerprint density at radius 1 is 0.356 bits per heavy atom. The molecule has 0 aliphatic heterocycles. The fraction of sp³-hybridized carbons (Fsp3) is 0. The number of thiophene rings is 1. The smallest absolute Gasteiger partial charge is 0.159 e. The van der Waals surface area contributed by atoms with Gasteiger partial charge in [0.15, 0.2) is 5.58 Å². The van der Waals surface area contributed by atoms with E-state index in [4.69, 9.17) is 4.42 Å². The number of benzene rings is 10. The predicted molar refractivity (Wildman–Crippen MR) is 253 cm³/mol. The second-order valence-corrected chi connectivity index (χ2v) is 16.3. The third-order valence-corrected chi connectivity index (χ3v) is 13.0. The lowest BCUT2D eigenvalue weighted by Gasteiger charge is -2.30. The topological polar surface area (TPSA) is 16.4 Å². The molecule has 0 spiro atoms. The lowest BCUT2D eigenvalue weighted by molar-refractivity contribution is 0.669. The van der Waals surface area contributed by atoms with Crippen LogP contribution in [-0.4, -0.2) is 0 Å². The van der Waals surface area contributed by atoms with Gasteiger partial charge >= 0.3 is 0 Å². The maximum absolute atomic E-state index is 6.85. The number of fused-ring (bicyclic) bond motifs is 9. The molecule has 0 unspecified atom stereocenters. The van der Waals surface area contributed by atoms with Gasteiger partial charge in [-0.3, -0.25) is 0 Å². The van der Waals surface area contributed by atoms with E-state index in [9.17, 15) is 0 Å². The molecule has 2 heterocycles. The summed E-state index contributed by atoms with van der Waals surface area (Å²) in [5, 5.41) is 9.61. The molecule has 10 aromatic carbocycles. The van der Waals surface area contributed by atoms with Crippen molar-refractivity contribution in [3.8, 4) is 33.4 Å². The van der Waals surface area contributed by atoms with Gasteiger partial charge in [0.05, 0.1) is 11.4 Å². The highest BCUT2D eigenvalue weighted by molar-refractivity contribution is 7.25. The number of hydrogen-bond donors (Lipinski definition) is 0. The van der Waals surface area contributed by atoms with Crippen LogP contribution < -0.4 is 4.90 Å². The zero-order valence-corrected chi connectivity index (χ0v) is 32.8. The number of furan rings is 1. The Hall–Kier alpha value is -7.46. The minimum atomic E-state index is 0.856. The standard InChI is InChI=1S/C56H35NOS/c1-2-14-36(15-3-1)37-28-30-39(31-29-37)53-45-19-6-4-16-42(45)43-17-5-7-20-46(43)55(53)57(49-24-12-23-47-44-18-8-10-25-50(44)58-56(47)49)40-34-32-38(33-35-40)41-22-13-27-52-54(41)48-21-9-11-26-51(48)59-52/h1-35H. The van der Waals surface area contributed by atoms with Gasteiger partial charge in [0.1, 0.15) is 5.58 Å². The molecule has 276 valence electrons. The molecule has 0 atom stereocenters. The highest BCUT2D eigenvalue weighted by Crippen LogP contribution is 2.52. The second-order valence-electron chi connectivity index (χ2n) is 15.2. The minimum Gasteiger partial charge on any atom is -0.454 e. The van der Waals surface area contributed by atoms with Gasteiger partial charge < -0.3 is 9.32 Å². The number of anilines is 3. The van der Waals surface area contributed by atoms with Crippen molar-refractivity contribution < 1.29 is 4.42 Å². The molecule has 0 radical (unpaired) electrons. The molecule has 0 bridgehead atoms. The first-order valence-corrected chi connectivity index (χ1v) is 20.9. The van der Waals surface area contributed by atoms with Gasteiger partial charge in [-0.25, -0.2) is 0 Å². The number of hydrogen-bond acceptors (Lipinski definition) is 3. The van der Waals surface area contributed by atoms with Crippen LogP contribution in [0.2, 0.25) is 0 Å². The summed E-state index contributed by atoms with van der Waals surface area (Å²) in [6, 6.07) is 76.9. The summed E-state index contributed by atoms with van der Waals surface area (Å²) in [6.07, 6.45) is 0. The van der Waals surface area contributed by atoms with Crippen molar-refractivity contribution in [1.82, 2.24) is 0 Å². The third kappa shape index (κ3) is 5.40. The Morgan fingerprint density at radius 3 is 1.71 bits per heavy atom. The lowest BCUT2D eigenvalue weighted by Crippen LogP contribution is -2.12. The van der Waals surface area contributed by atoms with Crippen LogP contribution in [0.4, 0.5) is 17.1 Å². The Balaban J connectivity index is 1.15. The second kappa shape index (κ2) is 13.6. The molecular formula is C56H35NOS. The summed E-state index contributed by atoms with van der Waals surface area (Å²) in [7, 11) is 0. The van der Waals surface area contributed by atoms with E-state index in [1.165, 1.54) is 69.5 Å². The van der Waals surface area contributed by atoms with Gasteiger partial charge in [-0.15, -0.1) is 11.3 Å². The van der Waals surface area contributed by atoms with Gasteiger partial charge in [-0.1, -0.05) is 176 Å². The Bertz CT molecular complexity index is 3540. The average Bonchev–Trinajstić information content (AvgIpc) is 3.89. The van der Waals surface area contributed by atoms with E-state index in [0.717, 1.165) is 44.6 Å². The normalized spacial score (nSPS) is 11.7. The first-order valence-electron chi connectivity index (χ1n) is 20.1. The van der Waals surface area contributed by atoms with E-state index in [-0.39, 0.29) is 0 Å². The van der Waals surface area contributed by atoms with E-state index < -0.39 is 0 Å². The van der Waals surface area contributed by atoms with E-state index in [1.54, 1.807) is 0 Å². The van der Waals surface area contributed by atoms with Crippen LogP contribution in [0.5, 0.6) is 0 Å². The SMILES string of the molecule is c1ccc(-c2ccc(-c3c(N(c4ccc(-c5cccc6sc7ccccc7c56)cc4)c4cccc5c4oc4ccccc45)c4ccccc4c4ccccc34)cc2)cc1. The van der Waals surface area contributed by atoms with E-state index in [2.05, 4.69) is 211 Å². The first kappa shape index (κ1) is 33.7. The Morgan fingerprint density at radius 2 is 0.915 bits per heavy atom. The monoisotopic (exact) mass is 769 g/mol. The summed E-state index contributed by atoms with van der Waals surface area (Å²) in [4.78, 5) is 2.45. The molecule has 12 aromatic rings. The lowest BCUT2D eigenvalue weighted by atomic mass is 9.89. The summed E-state index contributed by atoms with van der Waals surface area (Å²) in [5.41, 5.74) is 12.0. The van der Waals surface area contributed by atoms with Crippen LogP contribution in [0.15, 0.2) is 217 Å². The molecule has 0 aliphatic carbocycles. The first-order chi connectivity index (χ1) is 29.3. The van der Waals surface area contributed by atoms with Gasteiger partial charge in [0, 0.05) is 47.6 Å². The van der Waals surface area contributed by atoms with Gasteiger partial charge in [0.2, 0.25) is 0 Å². The quantitative estimate of drug-likeness (QED) is 0.157. The molecule has 0 aliphatic rings. The van der Waals surface area contributed by atoms with Crippen molar-refractivity contribution in [3.63, 3.8) is 0 Å². The fourth-order valence-corrected chi connectivity index (χ4v) is 10.3. The molecule has 2 nitrogen and oxygen atoms in total. The molecule has 0 saturated heterocycles. The maximum atomic E-state index is 6.85. The highest BCUT2D eigenvalue weighted by atomic mass is 32.1. The van der Waals surface area contributed by atoms with Crippen LogP contribution in [0, 0.1) is 0 Å². The van der Waals surface area contributed by atoms with Crippen LogP contribution in [-0.2, 0) is 0 Å². The van der Waals surface area contributed by atoms with Gasteiger partial charge in [-0.05, 0) is 80.4 Å². The Kier molecular flexibility index (Phi) is 7.75. The molecular weight excluding hydrogens is 735 g/mol. The van der Waals surface area contributed by atoms with Crippen molar-refractivity contribution >= 4 is 92.1 Å². The van der Waals surface area contributed by atoms with Crippen molar-refractivity contribution in [3.05, 3.63) is 212 Å². The van der Waals surface area contributed by atoms with E-state index in [0.29, 0.717) is 0 Å². The largest absolute Gasteiger partial charge is 0.454 e. The molecule has 0 N–H and O–H groups in total. The van der Waals surface area contributed by atoms with Crippen molar-refractivity contribution in [2.24, 2.45) is 0 Å². The zero-order chi connectivity index (χ0) is 38.9. The zero-order valence-electron chi connectivity index (χ0n) is 32.0. The molecule has 59 heavy (non-hydrogen) atoms. The molecule has 0 saturated carbocycles.